The lowest BCUT2D eigenvalue weighted by Crippen LogP contribution is -2.27. The second-order valence-electron chi connectivity index (χ2n) is 6.13. The molecule has 0 bridgehead atoms. The lowest BCUT2D eigenvalue weighted by Gasteiger charge is -2.10. The number of carbonyl (C=O) groups excluding carboxylic acids is 1. The van der Waals surface area contributed by atoms with Gasteiger partial charge >= 0.3 is 0 Å². The summed E-state index contributed by atoms with van der Waals surface area (Å²) >= 11 is 2.98. The number of carbonyl (C=O) groups is 1. The Balaban J connectivity index is 1.61. The van der Waals surface area contributed by atoms with Gasteiger partial charge in [0, 0.05) is 39.7 Å². The Labute approximate surface area is 174 Å². The van der Waals surface area contributed by atoms with E-state index >= 15 is 0 Å². The van der Waals surface area contributed by atoms with E-state index < -0.39 is 0 Å². The zero-order valence-electron chi connectivity index (χ0n) is 15.7. The number of anilines is 1. The molecule has 0 unspecified atom stereocenters. The van der Waals surface area contributed by atoms with Gasteiger partial charge in [0.25, 0.3) is 5.56 Å². The SMILES string of the molecule is COc1cc(NC(=O)Cn2cnc3scc(-c4cccs4)c3c2=O)cc(OC)c1. The van der Waals surface area contributed by atoms with Crippen LogP contribution in [0.25, 0.3) is 20.7 Å². The molecule has 1 amide bonds. The highest BCUT2D eigenvalue weighted by atomic mass is 32.1. The molecule has 3 aromatic heterocycles. The minimum absolute atomic E-state index is 0.152. The summed E-state index contributed by atoms with van der Waals surface area (Å²) in [4.78, 5) is 31.6. The van der Waals surface area contributed by atoms with Crippen LogP contribution in [0.5, 0.6) is 11.5 Å². The first-order valence-corrected chi connectivity index (χ1v) is 10.4. The standard InChI is InChI=1S/C20H17N3O4S2/c1-26-13-6-12(7-14(8-13)27-2)22-17(24)9-23-11-21-19-18(20(23)25)15(10-29-19)16-4-3-5-28-16/h3-8,10-11H,9H2,1-2H3,(H,22,24). The Kier molecular flexibility index (Phi) is 5.32. The van der Waals surface area contributed by atoms with Gasteiger partial charge in [-0.1, -0.05) is 6.07 Å². The molecule has 0 saturated carbocycles. The van der Waals surface area contributed by atoms with Crippen molar-refractivity contribution in [3.8, 4) is 21.9 Å². The molecule has 4 rings (SSSR count). The quantitative estimate of drug-likeness (QED) is 0.506. The van der Waals surface area contributed by atoms with E-state index in [0.717, 1.165) is 10.4 Å². The summed E-state index contributed by atoms with van der Waals surface area (Å²) in [5.41, 5.74) is 1.13. The first kappa shape index (κ1) is 19.2. The Morgan fingerprint density at radius 2 is 1.93 bits per heavy atom. The molecule has 0 atom stereocenters. The average Bonchev–Trinajstić information content (AvgIpc) is 3.39. The molecule has 1 N–H and O–H groups in total. The van der Waals surface area contributed by atoms with E-state index in [0.29, 0.717) is 27.4 Å². The number of hydrogen-bond acceptors (Lipinski definition) is 7. The van der Waals surface area contributed by atoms with Gasteiger partial charge in [0.05, 0.1) is 25.9 Å². The number of thiophene rings is 2. The first-order chi connectivity index (χ1) is 14.1. The molecular formula is C20H17N3O4S2. The summed E-state index contributed by atoms with van der Waals surface area (Å²) in [5, 5.41) is 7.20. The Hall–Kier alpha value is -3.17. The van der Waals surface area contributed by atoms with Crippen LogP contribution < -0.4 is 20.3 Å². The van der Waals surface area contributed by atoms with Crippen molar-refractivity contribution in [1.82, 2.24) is 9.55 Å². The van der Waals surface area contributed by atoms with Gasteiger partial charge in [0.2, 0.25) is 5.91 Å². The molecule has 9 heteroatoms. The van der Waals surface area contributed by atoms with Gasteiger partial charge in [-0.3, -0.25) is 14.2 Å². The van der Waals surface area contributed by atoms with Gasteiger partial charge in [-0.05, 0) is 11.4 Å². The largest absolute Gasteiger partial charge is 0.497 e. The molecular weight excluding hydrogens is 410 g/mol. The number of aromatic nitrogens is 2. The zero-order chi connectivity index (χ0) is 20.4. The van der Waals surface area contributed by atoms with Crippen LogP contribution in [0, 0.1) is 0 Å². The number of ether oxygens (including phenoxy) is 2. The van der Waals surface area contributed by atoms with Crippen molar-refractivity contribution in [2.24, 2.45) is 0 Å². The molecule has 0 aliphatic heterocycles. The van der Waals surface area contributed by atoms with Crippen molar-refractivity contribution >= 4 is 44.5 Å². The number of rotatable bonds is 6. The highest BCUT2D eigenvalue weighted by Gasteiger charge is 2.15. The number of fused-ring (bicyclic) bond motifs is 1. The van der Waals surface area contributed by atoms with Gasteiger partial charge in [-0.25, -0.2) is 4.98 Å². The fourth-order valence-corrected chi connectivity index (χ4v) is 4.65. The molecule has 29 heavy (non-hydrogen) atoms. The Morgan fingerprint density at radius 3 is 2.59 bits per heavy atom. The van der Waals surface area contributed by atoms with Crippen LogP contribution in [0.4, 0.5) is 5.69 Å². The molecule has 0 spiro atoms. The van der Waals surface area contributed by atoms with Crippen molar-refractivity contribution in [3.05, 3.63) is 57.8 Å². The van der Waals surface area contributed by atoms with Crippen LogP contribution in [-0.2, 0) is 11.3 Å². The molecule has 7 nitrogen and oxygen atoms in total. The Bertz CT molecular complexity index is 1210. The number of nitrogens with zero attached hydrogens (tertiary/aromatic N) is 2. The second-order valence-corrected chi connectivity index (χ2v) is 7.94. The number of amides is 1. The van der Waals surface area contributed by atoms with E-state index in [1.807, 2.05) is 22.9 Å². The summed E-state index contributed by atoms with van der Waals surface area (Å²) in [6.07, 6.45) is 1.41. The Morgan fingerprint density at radius 1 is 1.17 bits per heavy atom. The summed E-state index contributed by atoms with van der Waals surface area (Å²) in [6.45, 7) is -0.152. The fraction of sp³-hybridized carbons (Fsp3) is 0.150. The van der Waals surface area contributed by atoms with Crippen LogP contribution in [0.1, 0.15) is 0 Å². The van der Waals surface area contributed by atoms with Crippen LogP contribution in [-0.4, -0.2) is 29.7 Å². The molecule has 4 aromatic rings. The number of nitrogens with one attached hydrogen (secondary N) is 1. The molecule has 148 valence electrons. The minimum atomic E-state index is -0.351. The number of hydrogen-bond donors (Lipinski definition) is 1. The maximum atomic E-state index is 13.0. The van der Waals surface area contributed by atoms with Crippen molar-refractivity contribution in [1.29, 1.82) is 0 Å². The van der Waals surface area contributed by atoms with E-state index in [1.54, 1.807) is 29.5 Å². The van der Waals surface area contributed by atoms with E-state index in [1.165, 1.54) is 36.5 Å². The lowest BCUT2D eigenvalue weighted by molar-refractivity contribution is -0.116. The van der Waals surface area contributed by atoms with Crippen LogP contribution >= 0.6 is 22.7 Å². The van der Waals surface area contributed by atoms with Gasteiger partial charge in [0.15, 0.2) is 0 Å². The van der Waals surface area contributed by atoms with Crippen molar-refractivity contribution in [2.45, 2.75) is 6.54 Å². The average molecular weight is 428 g/mol. The van der Waals surface area contributed by atoms with E-state index in [9.17, 15) is 9.59 Å². The molecule has 0 fully saturated rings. The normalized spacial score (nSPS) is 10.8. The third-order valence-electron chi connectivity index (χ3n) is 4.30. The van der Waals surface area contributed by atoms with Crippen LogP contribution in [0.3, 0.4) is 0 Å². The highest BCUT2D eigenvalue weighted by molar-refractivity contribution is 7.18. The second kappa shape index (κ2) is 8.06. The molecule has 0 aliphatic rings. The van der Waals surface area contributed by atoms with E-state index in [-0.39, 0.29) is 18.0 Å². The molecule has 1 aromatic carbocycles. The smallest absolute Gasteiger partial charge is 0.263 e. The third kappa shape index (κ3) is 3.87. The summed E-state index contributed by atoms with van der Waals surface area (Å²) < 4.78 is 11.7. The maximum Gasteiger partial charge on any atom is 0.263 e. The van der Waals surface area contributed by atoms with Crippen molar-refractivity contribution in [3.63, 3.8) is 0 Å². The molecule has 0 radical (unpaired) electrons. The number of benzene rings is 1. The fourth-order valence-electron chi connectivity index (χ4n) is 2.93. The van der Waals surface area contributed by atoms with Gasteiger partial charge in [0.1, 0.15) is 22.9 Å². The van der Waals surface area contributed by atoms with E-state index in [2.05, 4.69) is 10.3 Å². The van der Waals surface area contributed by atoms with Crippen LogP contribution in [0.2, 0.25) is 0 Å². The molecule has 3 heterocycles. The van der Waals surface area contributed by atoms with Crippen molar-refractivity contribution in [2.75, 3.05) is 19.5 Å². The topological polar surface area (TPSA) is 82.5 Å². The first-order valence-electron chi connectivity index (χ1n) is 8.62. The molecule has 0 aliphatic carbocycles. The van der Waals surface area contributed by atoms with E-state index in [4.69, 9.17) is 9.47 Å². The third-order valence-corrected chi connectivity index (χ3v) is 6.09. The van der Waals surface area contributed by atoms with Gasteiger partial charge < -0.3 is 14.8 Å². The summed E-state index contributed by atoms with van der Waals surface area (Å²) in [7, 11) is 3.07. The minimum Gasteiger partial charge on any atom is -0.497 e. The molecule has 0 saturated heterocycles. The predicted octanol–water partition coefficient (Wildman–Crippen LogP) is 3.84. The number of methoxy groups -OCH3 is 2. The maximum absolute atomic E-state index is 13.0. The lowest BCUT2D eigenvalue weighted by atomic mass is 10.2. The monoisotopic (exact) mass is 427 g/mol. The van der Waals surface area contributed by atoms with Gasteiger partial charge in [-0.2, -0.15) is 0 Å². The summed E-state index contributed by atoms with van der Waals surface area (Å²) in [5.74, 6) is 0.758. The van der Waals surface area contributed by atoms with Gasteiger partial charge in [-0.15, -0.1) is 22.7 Å². The summed E-state index contributed by atoms with van der Waals surface area (Å²) in [6, 6.07) is 8.97. The predicted molar refractivity (Wildman–Crippen MR) is 115 cm³/mol. The highest BCUT2D eigenvalue weighted by Crippen LogP contribution is 2.33. The van der Waals surface area contributed by atoms with Crippen molar-refractivity contribution < 1.29 is 14.3 Å². The van der Waals surface area contributed by atoms with Crippen LogP contribution in [0.15, 0.2) is 52.2 Å². The zero-order valence-corrected chi connectivity index (χ0v) is 17.3.